The molecule has 0 fully saturated rings. The molecule has 146 valence electrons. The quantitative estimate of drug-likeness (QED) is 0.507. The zero-order valence-corrected chi connectivity index (χ0v) is 16.2. The van der Waals surface area contributed by atoms with E-state index in [2.05, 4.69) is 15.4 Å². The van der Waals surface area contributed by atoms with E-state index in [1.54, 1.807) is 16.3 Å². The third kappa shape index (κ3) is 5.50. The van der Waals surface area contributed by atoms with Gasteiger partial charge < -0.3 is 10.4 Å². The second-order valence-electron chi connectivity index (χ2n) is 6.36. The van der Waals surface area contributed by atoms with Crippen LogP contribution in [0.2, 0.25) is 0 Å². The molecule has 0 saturated heterocycles. The molecule has 1 aromatic carbocycles. The van der Waals surface area contributed by atoms with Crippen molar-refractivity contribution in [2.75, 3.05) is 6.54 Å². The number of unbranched alkanes of at least 4 members (excludes halogenated alkanes) is 3. The van der Waals surface area contributed by atoms with Crippen molar-refractivity contribution in [2.24, 2.45) is 0 Å². The molecule has 0 unspecified atom stereocenters. The van der Waals surface area contributed by atoms with Crippen LogP contribution in [0.15, 0.2) is 48.1 Å². The Bertz CT molecular complexity index is 920. The van der Waals surface area contributed by atoms with E-state index in [1.165, 1.54) is 11.3 Å². The van der Waals surface area contributed by atoms with Gasteiger partial charge in [0.25, 0.3) is 5.91 Å². The number of nitrogens with one attached hydrogen (secondary N) is 1. The van der Waals surface area contributed by atoms with Gasteiger partial charge in [0.1, 0.15) is 10.7 Å². The van der Waals surface area contributed by atoms with E-state index >= 15 is 0 Å². The first-order chi connectivity index (χ1) is 13.6. The molecule has 8 heteroatoms. The SMILES string of the molecule is O=C(O)CCCCCCNC(=O)c1csc(-c2cnn(-c3ccccc3)c2)n1. The number of aliphatic carboxylic acids is 1. The number of nitrogens with zero attached hydrogens (tertiary/aromatic N) is 3. The van der Waals surface area contributed by atoms with Gasteiger partial charge in [-0.25, -0.2) is 9.67 Å². The lowest BCUT2D eigenvalue weighted by molar-refractivity contribution is -0.137. The van der Waals surface area contributed by atoms with Crippen LogP contribution in [0, 0.1) is 0 Å². The fourth-order valence-electron chi connectivity index (χ4n) is 2.71. The molecule has 0 bridgehead atoms. The Morgan fingerprint density at radius 2 is 1.89 bits per heavy atom. The molecule has 2 N–H and O–H groups in total. The number of carboxylic acids is 1. The minimum atomic E-state index is -0.762. The van der Waals surface area contributed by atoms with Crippen molar-refractivity contribution < 1.29 is 14.7 Å². The highest BCUT2D eigenvalue weighted by Gasteiger charge is 2.13. The maximum Gasteiger partial charge on any atom is 0.303 e. The van der Waals surface area contributed by atoms with Gasteiger partial charge in [0.05, 0.1) is 11.9 Å². The highest BCUT2D eigenvalue weighted by atomic mass is 32.1. The van der Waals surface area contributed by atoms with Crippen molar-refractivity contribution in [3.05, 3.63) is 53.8 Å². The summed E-state index contributed by atoms with van der Waals surface area (Å²) in [5.41, 5.74) is 2.23. The van der Waals surface area contributed by atoms with Crippen molar-refractivity contribution in [1.82, 2.24) is 20.1 Å². The van der Waals surface area contributed by atoms with Crippen molar-refractivity contribution >= 4 is 23.2 Å². The Morgan fingerprint density at radius 3 is 2.68 bits per heavy atom. The number of aromatic nitrogens is 3. The van der Waals surface area contributed by atoms with E-state index in [4.69, 9.17) is 5.11 Å². The number of benzene rings is 1. The maximum atomic E-state index is 12.2. The minimum absolute atomic E-state index is 0.191. The van der Waals surface area contributed by atoms with Crippen molar-refractivity contribution in [2.45, 2.75) is 32.1 Å². The van der Waals surface area contributed by atoms with Gasteiger partial charge in [0.15, 0.2) is 0 Å². The number of amides is 1. The van der Waals surface area contributed by atoms with E-state index < -0.39 is 5.97 Å². The molecule has 28 heavy (non-hydrogen) atoms. The molecule has 0 aliphatic rings. The Morgan fingerprint density at radius 1 is 1.11 bits per heavy atom. The lowest BCUT2D eigenvalue weighted by Gasteiger charge is -2.03. The molecule has 0 radical (unpaired) electrons. The summed E-state index contributed by atoms with van der Waals surface area (Å²) in [6.45, 7) is 0.560. The molecule has 0 atom stereocenters. The third-order valence-corrected chi connectivity index (χ3v) is 5.08. The van der Waals surface area contributed by atoms with Crippen LogP contribution in [0.25, 0.3) is 16.3 Å². The predicted octanol–water partition coefficient (Wildman–Crippen LogP) is 3.76. The fraction of sp³-hybridized carbons (Fsp3) is 0.300. The molecular weight excluding hydrogens is 376 g/mol. The fourth-order valence-corrected chi connectivity index (χ4v) is 3.49. The number of hydrogen-bond donors (Lipinski definition) is 2. The molecule has 0 aliphatic carbocycles. The normalized spacial score (nSPS) is 10.7. The van der Waals surface area contributed by atoms with Crippen molar-refractivity contribution in [1.29, 1.82) is 0 Å². The summed E-state index contributed by atoms with van der Waals surface area (Å²) >= 11 is 1.41. The van der Waals surface area contributed by atoms with Gasteiger partial charge in [-0.2, -0.15) is 5.10 Å². The average Bonchev–Trinajstić information content (AvgIpc) is 3.37. The summed E-state index contributed by atoms with van der Waals surface area (Å²) in [7, 11) is 0. The first kappa shape index (κ1) is 19.8. The van der Waals surface area contributed by atoms with Gasteiger partial charge in [-0.15, -0.1) is 11.3 Å². The first-order valence-electron chi connectivity index (χ1n) is 9.19. The van der Waals surface area contributed by atoms with Crippen molar-refractivity contribution in [3.8, 4) is 16.3 Å². The lowest BCUT2D eigenvalue weighted by Crippen LogP contribution is -2.24. The largest absolute Gasteiger partial charge is 0.481 e. The number of thiazole rings is 1. The van der Waals surface area contributed by atoms with Gasteiger partial charge >= 0.3 is 5.97 Å². The Balaban J connectivity index is 1.48. The monoisotopic (exact) mass is 398 g/mol. The Hall–Kier alpha value is -3.00. The zero-order chi connectivity index (χ0) is 19.8. The summed E-state index contributed by atoms with van der Waals surface area (Å²) in [6, 6.07) is 9.80. The smallest absolute Gasteiger partial charge is 0.303 e. The Kier molecular flexibility index (Phi) is 6.91. The summed E-state index contributed by atoms with van der Waals surface area (Å²) in [6.07, 6.45) is 7.09. The lowest BCUT2D eigenvalue weighted by atomic mass is 10.1. The summed E-state index contributed by atoms with van der Waals surface area (Å²) in [5, 5.41) is 18.3. The second kappa shape index (κ2) is 9.80. The van der Waals surface area contributed by atoms with E-state index in [0.29, 0.717) is 18.7 Å². The predicted molar refractivity (Wildman–Crippen MR) is 108 cm³/mol. The second-order valence-corrected chi connectivity index (χ2v) is 7.22. The highest BCUT2D eigenvalue weighted by Crippen LogP contribution is 2.24. The van der Waals surface area contributed by atoms with Gasteiger partial charge in [-0.3, -0.25) is 9.59 Å². The molecule has 0 saturated carbocycles. The van der Waals surface area contributed by atoms with Crippen LogP contribution in [-0.4, -0.2) is 38.3 Å². The first-order valence-corrected chi connectivity index (χ1v) is 10.1. The molecular formula is C20H22N4O3S. The van der Waals surface area contributed by atoms with Crippen LogP contribution in [0.5, 0.6) is 0 Å². The molecule has 0 spiro atoms. The summed E-state index contributed by atoms with van der Waals surface area (Å²) < 4.78 is 1.78. The third-order valence-electron chi connectivity index (χ3n) is 4.19. The van der Waals surface area contributed by atoms with Gasteiger partial charge in [-0.1, -0.05) is 31.0 Å². The molecule has 1 amide bonds. The van der Waals surface area contributed by atoms with Crippen LogP contribution in [-0.2, 0) is 4.79 Å². The van der Waals surface area contributed by atoms with E-state index in [1.807, 2.05) is 36.5 Å². The van der Waals surface area contributed by atoms with Crippen molar-refractivity contribution in [3.63, 3.8) is 0 Å². The number of para-hydroxylation sites is 1. The Labute approximate surface area is 167 Å². The number of carbonyl (C=O) groups excluding carboxylic acids is 1. The molecule has 3 aromatic rings. The van der Waals surface area contributed by atoms with E-state index in [0.717, 1.165) is 35.5 Å². The number of hydrogen-bond acceptors (Lipinski definition) is 5. The van der Waals surface area contributed by atoms with Gasteiger partial charge in [0.2, 0.25) is 0 Å². The number of carboxylic acid groups (broad SMARTS) is 1. The van der Waals surface area contributed by atoms with Crippen LogP contribution in [0.3, 0.4) is 0 Å². The topological polar surface area (TPSA) is 97.1 Å². The van der Waals surface area contributed by atoms with Gasteiger partial charge in [-0.05, 0) is 25.0 Å². The van der Waals surface area contributed by atoms with Crippen LogP contribution in [0.4, 0.5) is 0 Å². The highest BCUT2D eigenvalue weighted by molar-refractivity contribution is 7.13. The zero-order valence-electron chi connectivity index (χ0n) is 15.4. The van der Waals surface area contributed by atoms with Gasteiger partial charge in [0, 0.05) is 30.1 Å². The molecule has 7 nitrogen and oxygen atoms in total. The van der Waals surface area contributed by atoms with E-state index in [9.17, 15) is 9.59 Å². The molecule has 0 aliphatic heterocycles. The minimum Gasteiger partial charge on any atom is -0.481 e. The standard InChI is InChI=1S/C20H22N4O3S/c25-18(26)10-6-1-2-7-11-21-19(27)17-14-28-20(23-17)15-12-22-24(13-15)16-8-4-3-5-9-16/h3-5,8-9,12-14H,1-2,6-7,10-11H2,(H,21,27)(H,25,26). The summed E-state index contributed by atoms with van der Waals surface area (Å²) in [5.74, 6) is -0.953. The molecule has 2 aromatic heterocycles. The molecule has 3 rings (SSSR count). The maximum absolute atomic E-state index is 12.2. The van der Waals surface area contributed by atoms with E-state index in [-0.39, 0.29) is 12.3 Å². The molecule has 2 heterocycles. The van der Waals surface area contributed by atoms with Crippen LogP contribution < -0.4 is 5.32 Å². The number of rotatable bonds is 10. The number of carbonyl (C=O) groups is 2. The van der Waals surface area contributed by atoms with Crippen LogP contribution >= 0.6 is 11.3 Å². The summed E-state index contributed by atoms with van der Waals surface area (Å²) in [4.78, 5) is 27.1. The van der Waals surface area contributed by atoms with Crippen LogP contribution in [0.1, 0.15) is 42.6 Å². The average molecular weight is 398 g/mol.